The maximum atomic E-state index is 11.8. The van der Waals surface area contributed by atoms with Crippen LogP contribution in [0.4, 0.5) is 0 Å². The van der Waals surface area contributed by atoms with Crippen LogP contribution in [0.15, 0.2) is 24.3 Å². The van der Waals surface area contributed by atoms with E-state index < -0.39 is 5.91 Å². The van der Waals surface area contributed by atoms with E-state index in [1.54, 1.807) is 0 Å². The van der Waals surface area contributed by atoms with E-state index in [2.05, 4.69) is 4.57 Å². The number of fused-ring (bicyclic) bond motifs is 1. The van der Waals surface area contributed by atoms with Gasteiger partial charge in [0.25, 0.3) is 5.91 Å². The molecule has 3 rings (SSSR count). The van der Waals surface area contributed by atoms with Gasteiger partial charge in [0.2, 0.25) is 0 Å². The summed E-state index contributed by atoms with van der Waals surface area (Å²) in [5, 5.41) is 0. The van der Waals surface area contributed by atoms with Gasteiger partial charge >= 0.3 is 0 Å². The van der Waals surface area contributed by atoms with Crippen LogP contribution in [0.3, 0.4) is 0 Å². The smallest absolute Gasteiger partial charge is 0.250 e. The summed E-state index contributed by atoms with van der Waals surface area (Å²) in [6.07, 6.45) is 1.72. The molecule has 1 aromatic heterocycles. The molecule has 0 aliphatic carbocycles. The van der Waals surface area contributed by atoms with E-state index >= 15 is 0 Å². The Labute approximate surface area is 153 Å². The zero-order chi connectivity index (χ0) is 18.5. The van der Waals surface area contributed by atoms with Crippen molar-refractivity contribution in [2.75, 3.05) is 26.4 Å². The Morgan fingerprint density at radius 3 is 2.73 bits per heavy atom. The van der Waals surface area contributed by atoms with Crippen LogP contribution in [0.5, 0.6) is 11.5 Å². The molecule has 0 spiro atoms. The van der Waals surface area contributed by atoms with Gasteiger partial charge in [-0.05, 0) is 44.5 Å². The number of nitrogens with two attached hydrogens (primary N) is 1. The fourth-order valence-electron chi connectivity index (χ4n) is 3.21. The fraction of sp³-hybridized carbons (Fsp3) is 0.450. The lowest BCUT2D eigenvalue weighted by atomic mass is 10.1. The van der Waals surface area contributed by atoms with Crippen LogP contribution in [0, 0.1) is 6.92 Å². The van der Waals surface area contributed by atoms with Crippen LogP contribution >= 0.6 is 0 Å². The van der Waals surface area contributed by atoms with Gasteiger partial charge in [-0.3, -0.25) is 4.79 Å². The van der Waals surface area contributed by atoms with Gasteiger partial charge in [-0.25, -0.2) is 0 Å². The van der Waals surface area contributed by atoms with Crippen molar-refractivity contribution in [2.45, 2.75) is 33.2 Å². The van der Waals surface area contributed by atoms with E-state index in [0.717, 1.165) is 47.8 Å². The van der Waals surface area contributed by atoms with E-state index in [1.165, 1.54) is 0 Å². The molecule has 0 saturated carbocycles. The maximum Gasteiger partial charge on any atom is 0.250 e. The number of primary amides is 1. The number of hydrogen-bond donors (Lipinski definition) is 1. The maximum absolute atomic E-state index is 11.8. The molecular weight excluding hydrogens is 332 g/mol. The second-order valence-electron chi connectivity index (χ2n) is 6.31. The van der Waals surface area contributed by atoms with E-state index in [1.807, 2.05) is 38.1 Å². The average Bonchev–Trinajstić information content (AvgIpc) is 2.81. The number of rotatable bonds is 7. The zero-order valence-electron chi connectivity index (χ0n) is 15.4. The molecule has 0 atom stereocenters. The number of carbonyl (C=O) groups excluding carboxylic acids is 1. The minimum Gasteiger partial charge on any atom is -0.490 e. The Balaban J connectivity index is 1.96. The molecule has 0 bridgehead atoms. The quantitative estimate of drug-likeness (QED) is 0.772. The van der Waals surface area contributed by atoms with Crippen LogP contribution in [-0.4, -0.2) is 36.9 Å². The van der Waals surface area contributed by atoms with Crippen molar-refractivity contribution in [3.63, 3.8) is 0 Å². The van der Waals surface area contributed by atoms with E-state index in [-0.39, 0.29) is 0 Å². The number of benzene rings is 1. The number of aromatic nitrogens is 1. The Bertz CT molecular complexity index is 782. The first kappa shape index (κ1) is 18.3. The van der Waals surface area contributed by atoms with Gasteiger partial charge in [0, 0.05) is 43.1 Å². The predicted molar refractivity (Wildman–Crippen MR) is 99.8 cm³/mol. The Hall–Kier alpha value is -2.47. The Morgan fingerprint density at radius 1 is 1.23 bits per heavy atom. The monoisotopic (exact) mass is 358 g/mol. The Morgan fingerprint density at radius 2 is 2.00 bits per heavy atom. The molecule has 0 radical (unpaired) electrons. The predicted octanol–water partition coefficient (Wildman–Crippen LogP) is 3.15. The summed E-state index contributed by atoms with van der Waals surface area (Å²) < 4.78 is 19.1. The molecule has 6 nitrogen and oxygen atoms in total. The van der Waals surface area contributed by atoms with E-state index in [9.17, 15) is 4.79 Å². The highest BCUT2D eigenvalue weighted by molar-refractivity contribution is 5.95. The highest BCUT2D eigenvalue weighted by Crippen LogP contribution is 2.35. The van der Waals surface area contributed by atoms with Gasteiger partial charge < -0.3 is 24.5 Å². The summed E-state index contributed by atoms with van der Waals surface area (Å²) in [6.45, 7) is 7.33. The van der Waals surface area contributed by atoms with Crippen molar-refractivity contribution in [2.24, 2.45) is 5.73 Å². The topological polar surface area (TPSA) is 75.7 Å². The SMILES string of the molecule is CCOCCCn1c(-c2ccc3c(c2)OCCCO3)cc(C(N)=O)c1C. The third-order valence-corrected chi connectivity index (χ3v) is 4.55. The molecule has 140 valence electrons. The first-order valence-corrected chi connectivity index (χ1v) is 9.09. The van der Waals surface area contributed by atoms with Crippen molar-refractivity contribution in [3.05, 3.63) is 35.5 Å². The lowest BCUT2D eigenvalue weighted by molar-refractivity contribution is 0.0999. The first-order valence-electron chi connectivity index (χ1n) is 9.09. The molecule has 2 heterocycles. The van der Waals surface area contributed by atoms with Crippen molar-refractivity contribution in [1.82, 2.24) is 4.57 Å². The van der Waals surface area contributed by atoms with Crippen molar-refractivity contribution in [1.29, 1.82) is 0 Å². The molecule has 1 amide bonds. The number of amides is 1. The number of carbonyl (C=O) groups is 1. The molecule has 2 N–H and O–H groups in total. The number of ether oxygens (including phenoxy) is 3. The summed E-state index contributed by atoms with van der Waals surface area (Å²) in [4.78, 5) is 11.8. The lowest BCUT2D eigenvalue weighted by Gasteiger charge is -2.14. The van der Waals surface area contributed by atoms with Gasteiger partial charge in [-0.1, -0.05) is 0 Å². The summed E-state index contributed by atoms with van der Waals surface area (Å²) in [5.41, 5.74) is 8.90. The average molecular weight is 358 g/mol. The number of nitrogens with zero attached hydrogens (tertiary/aromatic N) is 1. The highest BCUT2D eigenvalue weighted by atomic mass is 16.5. The first-order chi connectivity index (χ1) is 12.6. The molecular formula is C20H26N2O4. The van der Waals surface area contributed by atoms with Crippen LogP contribution in [-0.2, 0) is 11.3 Å². The Kier molecular flexibility index (Phi) is 5.83. The van der Waals surface area contributed by atoms with Gasteiger partial charge in [-0.2, -0.15) is 0 Å². The van der Waals surface area contributed by atoms with Gasteiger partial charge in [0.05, 0.1) is 18.8 Å². The summed E-state index contributed by atoms with van der Waals surface area (Å²) >= 11 is 0. The molecule has 0 unspecified atom stereocenters. The second kappa shape index (κ2) is 8.27. The van der Waals surface area contributed by atoms with E-state index in [0.29, 0.717) is 32.0 Å². The molecule has 1 aliphatic rings. The summed E-state index contributed by atoms with van der Waals surface area (Å²) in [5.74, 6) is 1.08. The van der Waals surface area contributed by atoms with Gasteiger partial charge in [-0.15, -0.1) is 0 Å². The van der Waals surface area contributed by atoms with Crippen LogP contribution < -0.4 is 15.2 Å². The summed E-state index contributed by atoms with van der Waals surface area (Å²) in [7, 11) is 0. The standard InChI is InChI=1S/C20H26N2O4/c1-3-24-9-4-8-22-14(2)16(20(21)23)13-17(22)15-6-7-18-19(12-15)26-11-5-10-25-18/h6-7,12-13H,3-5,8-11H2,1-2H3,(H2,21,23). The minimum absolute atomic E-state index is 0.415. The fourth-order valence-corrected chi connectivity index (χ4v) is 3.21. The zero-order valence-corrected chi connectivity index (χ0v) is 15.4. The lowest BCUT2D eigenvalue weighted by Crippen LogP contribution is -2.13. The molecule has 0 fully saturated rings. The highest BCUT2D eigenvalue weighted by Gasteiger charge is 2.18. The third-order valence-electron chi connectivity index (χ3n) is 4.55. The molecule has 26 heavy (non-hydrogen) atoms. The number of hydrogen-bond acceptors (Lipinski definition) is 4. The normalized spacial score (nSPS) is 13.5. The van der Waals surface area contributed by atoms with Crippen LogP contribution in [0.1, 0.15) is 35.8 Å². The third kappa shape index (κ3) is 3.85. The van der Waals surface area contributed by atoms with Crippen molar-refractivity contribution >= 4 is 5.91 Å². The van der Waals surface area contributed by atoms with Crippen LogP contribution in [0.2, 0.25) is 0 Å². The summed E-state index contributed by atoms with van der Waals surface area (Å²) in [6, 6.07) is 7.75. The van der Waals surface area contributed by atoms with Gasteiger partial charge in [0.15, 0.2) is 11.5 Å². The van der Waals surface area contributed by atoms with Gasteiger partial charge in [0.1, 0.15) is 0 Å². The van der Waals surface area contributed by atoms with Crippen molar-refractivity contribution in [3.8, 4) is 22.8 Å². The van der Waals surface area contributed by atoms with Crippen LogP contribution in [0.25, 0.3) is 11.3 Å². The molecule has 1 aromatic carbocycles. The second-order valence-corrected chi connectivity index (χ2v) is 6.31. The molecule has 2 aromatic rings. The molecule has 0 saturated heterocycles. The largest absolute Gasteiger partial charge is 0.490 e. The van der Waals surface area contributed by atoms with Crippen molar-refractivity contribution < 1.29 is 19.0 Å². The minimum atomic E-state index is -0.415. The molecule has 6 heteroatoms. The molecule has 1 aliphatic heterocycles. The van der Waals surface area contributed by atoms with E-state index in [4.69, 9.17) is 19.9 Å².